The third kappa shape index (κ3) is 1.97. The lowest BCUT2D eigenvalue weighted by Gasteiger charge is -2.38. The second kappa shape index (κ2) is 4.67. The number of hydrogen-bond donors (Lipinski definition) is 1. The Labute approximate surface area is 111 Å². The molecule has 2 atom stereocenters. The lowest BCUT2D eigenvalue weighted by Crippen LogP contribution is -2.38. The van der Waals surface area contributed by atoms with Gasteiger partial charge < -0.3 is 14.6 Å². The minimum absolute atomic E-state index is 0.216. The summed E-state index contributed by atoms with van der Waals surface area (Å²) >= 11 is 1.84. The van der Waals surface area contributed by atoms with E-state index in [0.717, 1.165) is 35.7 Å². The van der Waals surface area contributed by atoms with Crippen molar-refractivity contribution < 1.29 is 14.6 Å². The maximum atomic E-state index is 10.9. The van der Waals surface area contributed by atoms with E-state index < -0.39 is 5.60 Å². The molecular formula is C14H18O3S. The molecule has 0 amide bonds. The van der Waals surface area contributed by atoms with Crippen molar-refractivity contribution in [1.82, 2.24) is 0 Å². The van der Waals surface area contributed by atoms with E-state index in [1.54, 1.807) is 0 Å². The van der Waals surface area contributed by atoms with Gasteiger partial charge in [-0.05, 0) is 36.3 Å². The van der Waals surface area contributed by atoms with Crippen LogP contribution in [0.1, 0.15) is 25.3 Å². The van der Waals surface area contributed by atoms with Crippen LogP contribution >= 0.6 is 11.8 Å². The molecule has 18 heavy (non-hydrogen) atoms. The Hall–Kier alpha value is -0.870. The summed E-state index contributed by atoms with van der Waals surface area (Å²) < 4.78 is 11.1. The van der Waals surface area contributed by atoms with E-state index >= 15 is 0 Å². The van der Waals surface area contributed by atoms with Gasteiger partial charge in [0.2, 0.25) is 0 Å². The topological polar surface area (TPSA) is 38.7 Å². The van der Waals surface area contributed by atoms with Crippen molar-refractivity contribution in [2.24, 2.45) is 0 Å². The Morgan fingerprint density at radius 3 is 2.83 bits per heavy atom. The molecule has 98 valence electrons. The number of rotatable bonds is 1. The zero-order valence-corrected chi connectivity index (χ0v) is 11.3. The Morgan fingerprint density at radius 2 is 2.06 bits per heavy atom. The lowest BCUT2D eigenvalue weighted by atomic mass is 9.86. The number of ether oxygens (including phenoxy) is 2. The largest absolute Gasteiger partial charge is 0.486 e. The van der Waals surface area contributed by atoms with Gasteiger partial charge in [-0.2, -0.15) is 11.8 Å². The average Bonchev–Trinajstić information content (AvgIpc) is 2.42. The van der Waals surface area contributed by atoms with Gasteiger partial charge in [0.15, 0.2) is 11.5 Å². The highest BCUT2D eigenvalue weighted by molar-refractivity contribution is 8.00. The molecule has 2 aliphatic heterocycles. The first kappa shape index (κ1) is 12.2. The number of fused-ring (bicyclic) bond motifs is 1. The van der Waals surface area contributed by atoms with Gasteiger partial charge in [-0.15, -0.1) is 0 Å². The molecule has 0 aliphatic carbocycles. The van der Waals surface area contributed by atoms with E-state index in [2.05, 4.69) is 6.92 Å². The van der Waals surface area contributed by atoms with Gasteiger partial charge in [0.05, 0.1) is 0 Å². The zero-order valence-electron chi connectivity index (χ0n) is 10.5. The van der Waals surface area contributed by atoms with Crippen LogP contribution in [0.5, 0.6) is 11.5 Å². The molecular weight excluding hydrogens is 248 g/mol. The highest BCUT2D eigenvalue weighted by atomic mass is 32.2. The molecule has 0 radical (unpaired) electrons. The molecule has 0 saturated carbocycles. The summed E-state index contributed by atoms with van der Waals surface area (Å²) in [6, 6.07) is 5.82. The van der Waals surface area contributed by atoms with Crippen LogP contribution in [0.25, 0.3) is 0 Å². The highest BCUT2D eigenvalue weighted by Crippen LogP contribution is 2.43. The van der Waals surface area contributed by atoms with Crippen molar-refractivity contribution >= 4 is 11.8 Å². The summed E-state index contributed by atoms with van der Waals surface area (Å²) in [6.07, 6.45) is 1.88. The normalized spacial score (nSPS) is 31.1. The molecule has 0 bridgehead atoms. The fourth-order valence-electron chi connectivity index (χ4n) is 2.63. The van der Waals surface area contributed by atoms with Gasteiger partial charge in [0, 0.05) is 5.25 Å². The molecule has 1 aromatic carbocycles. The molecule has 1 fully saturated rings. The lowest BCUT2D eigenvalue weighted by molar-refractivity contribution is 0.0249. The van der Waals surface area contributed by atoms with Crippen LogP contribution in [0.4, 0.5) is 0 Å². The summed E-state index contributed by atoms with van der Waals surface area (Å²) in [4.78, 5) is 0. The number of aliphatic hydroxyl groups is 1. The van der Waals surface area contributed by atoms with Crippen molar-refractivity contribution in [1.29, 1.82) is 0 Å². The van der Waals surface area contributed by atoms with E-state index in [9.17, 15) is 5.11 Å². The molecule has 1 saturated heterocycles. The number of benzene rings is 1. The van der Waals surface area contributed by atoms with Crippen molar-refractivity contribution in [2.45, 2.75) is 30.6 Å². The van der Waals surface area contributed by atoms with Gasteiger partial charge >= 0.3 is 0 Å². The zero-order chi connectivity index (χ0) is 12.6. The van der Waals surface area contributed by atoms with Gasteiger partial charge in [0.25, 0.3) is 0 Å². The number of thioether (sulfide) groups is 1. The second-order valence-electron chi connectivity index (χ2n) is 4.90. The first-order valence-corrected chi connectivity index (χ1v) is 7.49. The van der Waals surface area contributed by atoms with Crippen molar-refractivity contribution in [2.75, 3.05) is 19.0 Å². The molecule has 4 heteroatoms. The summed E-state index contributed by atoms with van der Waals surface area (Å²) in [7, 11) is 0. The van der Waals surface area contributed by atoms with Crippen LogP contribution in [0, 0.1) is 0 Å². The van der Waals surface area contributed by atoms with Gasteiger partial charge in [-0.1, -0.05) is 13.0 Å². The maximum absolute atomic E-state index is 10.9. The van der Waals surface area contributed by atoms with Gasteiger partial charge in [0.1, 0.15) is 18.8 Å². The molecule has 3 nitrogen and oxygen atoms in total. The monoisotopic (exact) mass is 266 g/mol. The second-order valence-corrected chi connectivity index (χ2v) is 6.35. The molecule has 2 unspecified atom stereocenters. The molecule has 1 N–H and O–H groups in total. The quantitative estimate of drug-likeness (QED) is 0.848. The standard InChI is InChI=1S/C14H18O3S/c1-10-14(15,5-2-8-18-10)11-3-4-12-13(9-11)17-7-6-16-12/h3-4,9-10,15H,2,5-8H2,1H3. The molecule has 2 aliphatic rings. The highest BCUT2D eigenvalue weighted by Gasteiger charge is 2.38. The Kier molecular flexibility index (Phi) is 3.16. The van der Waals surface area contributed by atoms with Gasteiger partial charge in [-0.25, -0.2) is 0 Å². The first-order valence-electron chi connectivity index (χ1n) is 6.44. The van der Waals surface area contributed by atoms with Crippen molar-refractivity contribution in [3.05, 3.63) is 23.8 Å². The van der Waals surface area contributed by atoms with Crippen LogP contribution in [-0.2, 0) is 5.60 Å². The molecule has 0 spiro atoms. The Balaban J connectivity index is 1.95. The Morgan fingerprint density at radius 1 is 1.28 bits per heavy atom. The van der Waals surface area contributed by atoms with E-state index in [4.69, 9.17) is 9.47 Å². The SMILES string of the molecule is CC1SCCCC1(O)c1ccc2c(c1)OCCO2. The predicted octanol–water partition coefficient (Wildman–Crippen LogP) is 2.56. The average molecular weight is 266 g/mol. The smallest absolute Gasteiger partial charge is 0.161 e. The van der Waals surface area contributed by atoms with Gasteiger partial charge in [-0.3, -0.25) is 0 Å². The minimum Gasteiger partial charge on any atom is -0.486 e. The Bertz CT molecular complexity index is 449. The molecule has 1 aromatic rings. The van der Waals surface area contributed by atoms with Crippen molar-refractivity contribution in [3.63, 3.8) is 0 Å². The minimum atomic E-state index is -0.737. The number of hydrogen-bond acceptors (Lipinski definition) is 4. The van der Waals surface area contributed by atoms with Crippen molar-refractivity contribution in [3.8, 4) is 11.5 Å². The predicted molar refractivity (Wildman–Crippen MR) is 72.5 cm³/mol. The van der Waals surface area contributed by atoms with E-state index in [1.807, 2.05) is 30.0 Å². The molecule has 2 heterocycles. The van der Waals surface area contributed by atoms with E-state index in [-0.39, 0.29) is 5.25 Å². The van der Waals surface area contributed by atoms with Crippen LogP contribution in [0.3, 0.4) is 0 Å². The van der Waals surface area contributed by atoms with Crippen LogP contribution in [-0.4, -0.2) is 29.3 Å². The third-order valence-corrected chi connectivity index (χ3v) is 5.20. The van der Waals surface area contributed by atoms with E-state index in [0.29, 0.717) is 13.2 Å². The van der Waals surface area contributed by atoms with Crippen LogP contribution in [0.2, 0.25) is 0 Å². The molecule has 0 aromatic heterocycles. The van der Waals surface area contributed by atoms with Crippen LogP contribution < -0.4 is 9.47 Å². The fourth-order valence-corrected chi connectivity index (χ4v) is 3.83. The fraction of sp³-hybridized carbons (Fsp3) is 0.571. The summed E-state index contributed by atoms with van der Waals surface area (Å²) in [5.41, 5.74) is 0.213. The maximum Gasteiger partial charge on any atom is 0.161 e. The van der Waals surface area contributed by atoms with Crippen LogP contribution in [0.15, 0.2) is 18.2 Å². The molecule has 3 rings (SSSR count). The van der Waals surface area contributed by atoms with E-state index in [1.165, 1.54) is 0 Å². The third-order valence-electron chi connectivity index (χ3n) is 3.78. The first-order chi connectivity index (χ1) is 8.70. The summed E-state index contributed by atoms with van der Waals surface area (Å²) in [6.45, 7) is 3.28. The summed E-state index contributed by atoms with van der Waals surface area (Å²) in [5, 5.41) is 11.1. The summed E-state index contributed by atoms with van der Waals surface area (Å²) in [5.74, 6) is 2.67.